The molecule has 0 fully saturated rings. The van der Waals surface area contributed by atoms with Crippen LogP contribution in [0.5, 0.6) is 0 Å². The maximum absolute atomic E-state index is 11.9. The predicted octanol–water partition coefficient (Wildman–Crippen LogP) is 1.94. The van der Waals surface area contributed by atoms with Gasteiger partial charge in [0.15, 0.2) is 5.11 Å². The van der Waals surface area contributed by atoms with Crippen LogP contribution in [0.15, 0.2) is 35.4 Å². The van der Waals surface area contributed by atoms with Gasteiger partial charge in [-0.15, -0.1) is 0 Å². The largest absolute Gasteiger partial charge is 0.444 e. The van der Waals surface area contributed by atoms with Crippen molar-refractivity contribution in [2.75, 3.05) is 0 Å². The van der Waals surface area contributed by atoms with Crippen LogP contribution in [0.3, 0.4) is 0 Å². The van der Waals surface area contributed by atoms with Crippen molar-refractivity contribution in [2.24, 2.45) is 10.8 Å². The lowest BCUT2D eigenvalue weighted by Gasteiger charge is -2.22. The smallest absolute Gasteiger partial charge is 0.408 e. The zero-order chi connectivity index (χ0) is 16.6. The molecular formula is C15H22N4O2S. The summed E-state index contributed by atoms with van der Waals surface area (Å²) in [6.07, 6.45) is 1.61. The highest BCUT2D eigenvalue weighted by molar-refractivity contribution is 7.80. The van der Waals surface area contributed by atoms with Gasteiger partial charge in [-0.2, -0.15) is 5.10 Å². The molecule has 1 amide bonds. The molecule has 0 saturated carbocycles. The third-order valence-corrected chi connectivity index (χ3v) is 2.52. The first kappa shape index (κ1) is 17.9. The Morgan fingerprint density at radius 1 is 1.41 bits per heavy atom. The number of thiocarbonyl (C=S) groups is 1. The Labute approximate surface area is 136 Å². The molecule has 0 spiro atoms. The normalized spacial score (nSPS) is 12.7. The maximum Gasteiger partial charge on any atom is 0.408 e. The minimum absolute atomic E-state index is 0.0620. The number of nitrogens with two attached hydrogens (primary N) is 1. The van der Waals surface area contributed by atoms with Gasteiger partial charge in [0.05, 0.1) is 6.04 Å². The van der Waals surface area contributed by atoms with Gasteiger partial charge in [0.25, 0.3) is 0 Å². The molecule has 120 valence electrons. The molecule has 1 aromatic carbocycles. The van der Waals surface area contributed by atoms with E-state index in [9.17, 15) is 4.79 Å². The number of nitrogens with zero attached hydrogens (tertiary/aromatic N) is 1. The van der Waals surface area contributed by atoms with E-state index in [0.717, 1.165) is 5.56 Å². The average molecular weight is 322 g/mol. The number of carbonyl (C=O) groups is 1. The van der Waals surface area contributed by atoms with E-state index in [1.54, 1.807) is 20.8 Å². The number of hydrogen-bond acceptors (Lipinski definition) is 4. The molecule has 0 radical (unpaired) electrons. The van der Waals surface area contributed by atoms with E-state index in [4.69, 9.17) is 10.5 Å². The molecule has 0 saturated heterocycles. The zero-order valence-electron chi connectivity index (χ0n) is 13.0. The quantitative estimate of drug-likeness (QED) is 0.438. The molecule has 6 nitrogen and oxygen atoms in total. The van der Waals surface area contributed by atoms with Crippen molar-refractivity contribution in [1.29, 1.82) is 0 Å². The zero-order valence-corrected chi connectivity index (χ0v) is 13.8. The van der Waals surface area contributed by atoms with Crippen molar-refractivity contribution in [3.05, 3.63) is 35.9 Å². The summed E-state index contributed by atoms with van der Waals surface area (Å²) in [6, 6.07) is 9.40. The summed E-state index contributed by atoms with van der Waals surface area (Å²) in [6.45, 7) is 5.42. The summed E-state index contributed by atoms with van der Waals surface area (Å²) in [7, 11) is 0. The van der Waals surface area contributed by atoms with Gasteiger partial charge in [0, 0.05) is 6.21 Å². The molecule has 0 aliphatic carbocycles. The van der Waals surface area contributed by atoms with Gasteiger partial charge in [0.1, 0.15) is 5.60 Å². The lowest BCUT2D eigenvalue weighted by molar-refractivity contribution is 0.0519. The number of amides is 1. The van der Waals surface area contributed by atoms with E-state index in [1.165, 1.54) is 6.21 Å². The first-order valence-electron chi connectivity index (χ1n) is 6.88. The summed E-state index contributed by atoms with van der Waals surface area (Å²) in [5, 5.41) is 6.73. The van der Waals surface area contributed by atoms with Gasteiger partial charge in [-0.05, 0) is 45.0 Å². The second kappa shape index (κ2) is 8.33. The van der Waals surface area contributed by atoms with Gasteiger partial charge in [-0.3, -0.25) is 5.43 Å². The van der Waals surface area contributed by atoms with Crippen molar-refractivity contribution in [3.8, 4) is 0 Å². The van der Waals surface area contributed by atoms with Gasteiger partial charge in [-0.25, -0.2) is 4.79 Å². The lowest BCUT2D eigenvalue weighted by atomic mass is 10.1. The van der Waals surface area contributed by atoms with Crippen molar-refractivity contribution in [3.63, 3.8) is 0 Å². The molecule has 1 aromatic rings. The van der Waals surface area contributed by atoms with Crippen molar-refractivity contribution < 1.29 is 9.53 Å². The fourth-order valence-corrected chi connectivity index (χ4v) is 1.71. The van der Waals surface area contributed by atoms with E-state index in [-0.39, 0.29) is 11.2 Å². The second-order valence-corrected chi connectivity index (χ2v) is 6.14. The Morgan fingerprint density at radius 2 is 2.05 bits per heavy atom. The van der Waals surface area contributed by atoms with E-state index in [0.29, 0.717) is 6.42 Å². The summed E-state index contributed by atoms with van der Waals surface area (Å²) >= 11 is 4.68. The summed E-state index contributed by atoms with van der Waals surface area (Å²) in [4.78, 5) is 11.9. The summed E-state index contributed by atoms with van der Waals surface area (Å²) in [5.41, 5.74) is 8.28. The summed E-state index contributed by atoms with van der Waals surface area (Å²) in [5.74, 6) is 0. The Balaban J connectivity index is 2.71. The molecular weight excluding hydrogens is 300 g/mol. The number of hydrogen-bond donors (Lipinski definition) is 3. The van der Waals surface area contributed by atoms with E-state index < -0.39 is 11.7 Å². The van der Waals surface area contributed by atoms with Gasteiger partial charge in [0.2, 0.25) is 0 Å². The van der Waals surface area contributed by atoms with Crippen LogP contribution in [0.25, 0.3) is 0 Å². The molecule has 0 aromatic heterocycles. The first-order valence-corrected chi connectivity index (χ1v) is 7.29. The maximum atomic E-state index is 11.9. The predicted molar refractivity (Wildman–Crippen MR) is 91.7 cm³/mol. The number of carbonyl (C=O) groups excluding carboxylic acids is 1. The van der Waals surface area contributed by atoms with Crippen LogP contribution in [0.4, 0.5) is 4.79 Å². The van der Waals surface area contributed by atoms with Gasteiger partial charge in [-0.1, -0.05) is 30.3 Å². The Morgan fingerprint density at radius 3 is 2.59 bits per heavy atom. The number of ether oxygens (including phenoxy) is 1. The Bertz CT molecular complexity index is 526. The van der Waals surface area contributed by atoms with Gasteiger partial charge >= 0.3 is 6.09 Å². The van der Waals surface area contributed by atoms with E-state index in [2.05, 4.69) is 28.1 Å². The second-order valence-electron chi connectivity index (χ2n) is 5.70. The molecule has 4 N–H and O–H groups in total. The van der Waals surface area contributed by atoms with Crippen LogP contribution in [-0.4, -0.2) is 29.1 Å². The minimum atomic E-state index is -0.560. The number of benzene rings is 1. The van der Waals surface area contributed by atoms with Crippen molar-refractivity contribution in [2.45, 2.75) is 38.8 Å². The Kier molecular flexibility index (Phi) is 6.78. The van der Waals surface area contributed by atoms with Crippen LogP contribution in [0, 0.1) is 0 Å². The van der Waals surface area contributed by atoms with Crippen LogP contribution in [0.2, 0.25) is 0 Å². The monoisotopic (exact) mass is 322 g/mol. The third kappa shape index (κ3) is 8.21. The molecule has 1 rings (SSSR count). The molecule has 7 heteroatoms. The summed E-state index contributed by atoms with van der Waals surface area (Å²) < 4.78 is 5.25. The molecule has 0 aliphatic heterocycles. The van der Waals surface area contributed by atoms with Crippen molar-refractivity contribution >= 4 is 29.6 Å². The Hall–Kier alpha value is -2.15. The lowest BCUT2D eigenvalue weighted by Crippen LogP contribution is -2.41. The molecule has 0 aliphatic rings. The fourth-order valence-electron chi connectivity index (χ4n) is 1.66. The van der Waals surface area contributed by atoms with Crippen LogP contribution < -0.4 is 16.5 Å². The molecule has 1 atom stereocenters. The third-order valence-electron chi connectivity index (χ3n) is 2.43. The highest BCUT2D eigenvalue weighted by atomic mass is 32.1. The van der Waals surface area contributed by atoms with Crippen LogP contribution >= 0.6 is 12.2 Å². The SMILES string of the molecule is CC(C)(C)OC(=O)N[C@@H](/C=N\NC(N)=S)Cc1ccccc1. The minimum Gasteiger partial charge on any atom is -0.444 e. The molecule has 0 unspecified atom stereocenters. The van der Waals surface area contributed by atoms with Crippen molar-refractivity contribution in [1.82, 2.24) is 10.7 Å². The standard InChI is InChI=1S/C15H22N4O2S/c1-15(2,3)21-14(20)18-12(10-17-19-13(16)22)9-11-7-5-4-6-8-11/h4-8,10,12H,9H2,1-3H3,(H,18,20)(H3,16,19,22)/b17-10-/t12-/m1/s1. The van der Waals surface area contributed by atoms with E-state index in [1.807, 2.05) is 30.3 Å². The first-order chi connectivity index (χ1) is 10.3. The van der Waals surface area contributed by atoms with Crippen LogP contribution in [-0.2, 0) is 11.2 Å². The fraction of sp³-hybridized carbons (Fsp3) is 0.400. The van der Waals surface area contributed by atoms with Gasteiger partial charge < -0.3 is 15.8 Å². The molecule has 0 heterocycles. The molecule has 22 heavy (non-hydrogen) atoms. The number of rotatable bonds is 5. The van der Waals surface area contributed by atoms with Crippen LogP contribution in [0.1, 0.15) is 26.3 Å². The highest BCUT2D eigenvalue weighted by Crippen LogP contribution is 2.08. The van der Waals surface area contributed by atoms with E-state index >= 15 is 0 Å². The average Bonchev–Trinajstić information content (AvgIpc) is 2.36. The molecule has 0 bridgehead atoms. The topological polar surface area (TPSA) is 88.7 Å². The number of alkyl carbamates (subject to hydrolysis) is 1. The highest BCUT2D eigenvalue weighted by Gasteiger charge is 2.19. The number of hydrazone groups is 1. The number of nitrogens with one attached hydrogen (secondary N) is 2.